The van der Waals surface area contributed by atoms with Crippen LogP contribution in [-0.2, 0) is 16.6 Å². The van der Waals surface area contributed by atoms with Crippen LogP contribution >= 0.6 is 11.3 Å². The Hall–Kier alpha value is -0.430. The van der Waals surface area contributed by atoms with Crippen LogP contribution < -0.4 is 10.0 Å². The van der Waals surface area contributed by atoms with Crippen LogP contribution in [0.1, 0.15) is 45.6 Å². The molecule has 2 N–H and O–H groups in total. The Bertz CT molecular complexity index is 554. The van der Waals surface area contributed by atoms with Gasteiger partial charge in [-0.2, -0.15) is 0 Å². The molecule has 1 aromatic heterocycles. The molecule has 6 heteroatoms. The third-order valence-electron chi connectivity index (χ3n) is 4.53. The van der Waals surface area contributed by atoms with E-state index in [1.165, 1.54) is 11.3 Å². The fourth-order valence-corrected chi connectivity index (χ4v) is 5.69. The second-order valence-corrected chi connectivity index (χ2v) is 8.74. The SMILES string of the molecule is CCNCc1csc(S(=O)(=O)NC2CCC(CC)C2C)c1. The van der Waals surface area contributed by atoms with E-state index in [2.05, 4.69) is 23.9 Å². The second-order valence-electron chi connectivity index (χ2n) is 5.89. The van der Waals surface area contributed by atoms with Crippen molar-refractivity contribution in [1.29, 1.82) is 0 Å². The van der Waals surface area contributed by atoms with E-state index in [-0.39, 0.29) is 6.04 Å². The molecule has 1 aliphatic carbocycles. The maximum atomic E-state index is 12.5. The van der Waals surface area contributed by atoms with E-state index < -0.39 is 10.0 Å². The van der Waals surface area contributed by atoms with Gasteiger partial charge < -0.3 is 5.32 Å². The van der Waals surface area contributed by atoms with Crippen molar-refractivity contribution in [3.05, 3.63) is 17.0 Å². The molecule has 2 rings (SSSR count). The molecule has 0 saturated heterocycles. The molecule has 1 saturated carbocycles. The first-order valence-corrected chi connectivity index (χ1v) is 10.1. The van der Waals surface area contributed by atoms with Crippen molar-refractivity contribution in [2.45, 2.75) is 56.8 Å². The van der Waals surface area contributed by atoms with Crippen molar-refractivity contribution < 1.29 is 8.42 Å². The lowest BCUT2D eigenvalue weighted by Gasteiger charge is -2.20. The molecule has 3 atom stereocenters. The van der Waals surface area contributed by atoms with Gasteiger partial charge in [0, 0.05) is 12.6 Å². The summed E-state index contributed by atoms with van der Waals surface area (Å²) >= 11 is 1.31. The molecule has 1 fully saturated rings. The Morgan fingerprint density at radius 2 is 2.10 bits per heavy atom. The number of sulfonamides is 1. The molecule has 1 aromatic rings. The van der Waals surface area contributed by atoms with Crippen LogP contribution in [0.4, 0.5) is 0 Å². The Kier molecular flexibility index (Phi) is 5.82. The van der Waals surface area contributed by atoms with Crippen LogP contribution in [0.2, 0.25) is 0 Å². The van der Waals surface area contributed by atoms with Gasteiger partial charge in [0.2, 0.25) is 10.0 Å². The fraction of sp³-hybridized carbons (Fsp3) is 0.733. The summed E-state index contributed by atoms with van der Waals surface area (Å²) in [6.45, 7) is 8.00. The van der Waals surface area contributed by atoms with Crippen LogP contribution in [0.25, 0.3) is 0 Å². The van der Waals surface area contributed by atoms with Crippen LogP contribution in [0.5, 0.6) is 0 Å². The summed E-state index contributed by atoms with van der Waals surface area (Å²) < 4.78 is 28.3. The molecular weight excluding hydrogens is 304 g/mol. The summed E-state index contributed by atoms with van der Waals surface area (Å²) in [7, 11) is -3.37. The van der Waals surface area contributed by atoms with Crippen molar-refractivity contribution >= 4 is 21.4 Å². The summed E-state index contributed by atoms with van der Waals surface area (Å²) in [5.41, 5.74) is 1.04. The van der Waals surface area contributed by atoms with E-state index >= 15 is 0 Å². The average molecular weight is 331 g/mol. The zero-order valence-electron chi connectivity index (χ0n) is 13.1. The van der Waals surface area contributed by atoms with Crippen LogP contribution in [0.3, 0.4) is 0 Å². The highest BCUT2D eigenvalue weighted by molar-refractivity contribution is 7.91. The minimum absolute atomic E-state index is 0.0827. The number of hydrogen-bond acceptors (Lipinski definition) is 4. The van der Waals surface area contributed by atoms with E-state index in [9.17, 15) is 8.42 Å². The molecule has 0 bridgehead atoms. The predicted octanol–water partition coefficient (Wildman–Crippen LogP) is 2.96. The van der Waals surface area contributed by atoms with Gasteiger partial charge >= 0.3 is 0 Å². The fourth-order valence-electron chi connectivity index (χ4n) is 3.10. The highest BCUT2D eigenvalue weighted by Crippen LogP contribution is 2.35. The Balaban J connectivity index is 2.03. The van der Waals surface area contributed by atoms with Crippen molar-refractivity contribution in [3.63, 3.8) is 0 Å². The molecule has 1 heterocycles. The molecule has 0 aromatic carbocycles. The van der Waals surface area contributed by atoms with E-state index in [4.69, 9.17) is 0 Å². The molecule has 0 amide bonds. The molecule has 3 unspecified atom stereocenters. The van der Waals surface area contributed by atoms with Crippen molar-refractivity contribution in [2.24, 2.45) is 11.8 Å². The normalized spacial score (nSPS) is 26.3. The predicted molar refractivity (Wildman–Crippen MR) is 88.0 cm³/mol. The van der Waals surface area contributed by atoms with Gasteiger partial charge in [-0.05, 0) is 48.2 Å². The first kappa shape index (κ1) is 16.9. The minimum Gasteiger partial charge on any atom is -0.313 e. The second kappa shape index (κ2) is 7.22. The third-order valence-corrected chi connectivity index (χ3v) is 7.51. The molecule has 0 radical (unpaired) electrons. The van der Waals surface area contributed by atoms with Gasteiger partial charge in [0.1, 0.15) is 4.21 Å². The number of hydrogen-bond donors (Lipinski definition) is 2. The molecular formula is C15H26N2O2S2. The lowest BCUT2D eigenvalue weighted by Crippen LogP contribution is -2.37. The van der Waals surface area contributed by atoms with Gasteiger partial charge in [-0.25, -0.2) is 13.1 Å². The van der Waals surface area contributed by atoms with E-state index in [0.717, 1.165) is 37.9 Å². The van der Waals surface area contributed by atoms with Crippen LogP contribution in [0.15, 0.2) is 15.7 Å². The maximum absolute atomic E-state index is 12.5. The molecule has 0 spiro atoms. The Morgan fingerprint density at radius 3 is 2.71 bits per heavy atom. The molecule has 0 aliphatic heterocycles. The van der Waals surface area contributed by atoms with Crippen molar-refractivity contribution in [1.82, 2.24) is 10.0 Å². The zero-order chi connectivity index (χ0) is 15.5. The highest BCUT2D eigenvalue weighted by Gasteiger charge is 2.34. The van der Waals surface area contributed by atoms with Gasteiger partial charge in [-0.1, -0.05) is 27.2 Å². The quantitative estimate of drug-likeness (QED) is 0.808. The molecule has 1 aliphatic rings. The third kappa shape index (κ3) is 4.06. The van der Waals surface area contributed by atoms with Crippen LogP contribution in [0, 0.1) is 11.8 Å². The number of rotatable bonds is 7. The minimum atomic E-state index is -3.37. The first-order valence-electron chi connectivity index (χ1n) is 7.78. The van der Waals surface area contributed by atoms with Gasteiger partial charge in [0.15, 0.2) is 0 Å². The van der Waals surface area contributed by atoms with Crippen molar-refractivity contribution in [2.75, 3.05) is 6.54 Å². The van der Waals surface area contributed by atoms with Gasteiger partial charge in [-0.15, -0.1) is 11.3 Å². The number of nitrogens with one attached hydrogen (secondary N) is 2. The van der Waals surface area contributed by atoms with Gasteiger partial charge in [-0.3, -0.25) is 0 Å². The van der Waals surface area contributed by atoms with E-state index in [1.54, 1.807) is 6.07 Å². The Labute approximate surface area is 132 Å². The smallest absolute Gasteiger partial charge is 0.250 e. The van der Waals surface area contributed by atoms with Crippen LogP contribution in [-0.4, -0.2) is 21.0 Å². The number of thiophene rings is 1. The van der Waals surface area contributed by atoms with Gasteiger partial charge in [0.05, 0.1) is 0 Å². The first-order chi connectivity index (χ1) is 9.97. The van der Waals surface area contributed by atoms with Crippen molar-refractivity contribution in [3.8, 4) is 0 Å². The van der Waals surface area contributed by atoms with E-state index in [1.807, 2.05) is 12.3 Å². The maximum Gasteiger partial charge on any atom is 0.250 e. The average Bonchev–Trinajstić information content (AvgIpc) is 3.05. The molecule has 4 nitrogen and oxygen atoms in total. The summed E-state index contributed by atoms with van der Waals surface area (Å²) in [6.07, 6.45) is 3.21. The summed E-state index contributed by atoms with van der Waals surface area (Å²) in [6, 6.07) is 1.87. The van der Waals surface area contributed by atoms with Gasteiger partial charge in [0.25, 0.3) is 0 Å². The largest absolute Gasteiger partial charge is 0.313 e. The lowest BCUT2D eigenvalue weighted by molar-refractivity contribution is 0.369. The monoisotopic (exact) mass is 330 g/mol. The Morgan fingerprint density at radius 1 is 1.33 bits per heavy atom. The summed E-state index contributed by atoms with van der Waals surface area (Å²) in [5, 5.41) is 5.14. The zero-order valence-corrected chi connectivity index (χ0v) is 14.7. The highest BCUT2D eigenvalue weighted by atomic mass is 32.2. The van der Waals surface area contributed by atoms with E-state index in [0.29, 0.717) is 16.0 Å². The molecule has 120 valence electrons. The summed E-state index contributed by atoms with van der Waals surface area (Å²) in [5.74, 6) is 1.07. The topological polar surface area (TPSA) is 58.2 Å². The standard InChI is InChI=1S/C15H26N2O2S2/c1-4-13-6-7-14(11(13)3)17-21(18,19)15-8-12(10-20-15)9-16-5-2/h8,10-11,13-14,16-17H,4-7,9H2,1-3H3. The summed E-state index contributed by atoms with van der Waals surface area (Å²) in [4.78, 5) is 0. The molecule has 21 heavy (non-hydrogen) atoms. The lowest BCUT2D eigenvalue weighted by atomic mass is 9.94.